The Labute approximate surface area is 157 Å². The Morgan fingerprint density at radius 1 is 0.963 bits per heavy atom. The molecule has 0 bridgehead atoms. The van der Waals surface area contributed by atoms with E-state index in [9.17, 15) is 22.0 Å². The molecule has 4 nitrogen and oxygen atoms in total. The molecule has 0 atom stereocenters. The number of halogens is 2. The first-order valence-corrected chi connectivity index (χ1v) is 10.2. The lowest BCUT2D eigenvalue weighted by Gasteiger charge is -2.15. The Balaban J connectivity index is 2.72. The summed E-state index contributed by atoms with van der Waals surface area (Å²) in [6, 6.07) is 9.22. The second-order valence-corrected chi connectivity index (χ2v) is 7.87. The van der Waals surface area contributed by atoms with Gasteiger partial charge in [0.2, 0.25) is 0 Å². The summed E-state index contributed by atoms with van der Waals surface area (Å²) in [6.45, 7) is 3.58. The molecular formula is C20H20F2O4S. The maximum absolute atomic E-state index is 13.8. The van der Waals surface area contributed by atoms with Crippen LogP contribution in [0.15, 0.2) is 52.9 Å². The summed E-state index contributed by atoms with van der Waals surface area (Å²) in [5, 5.41) is 0. The molecule has 7 heteroatoms. The van der Waals surface area contributed by atoms with Crippen molar-refractivity contribution in [2.75, 3.05) is 12.9 Å². The molecule has 0 saturated carbocycles. The lowest BCUT2D eigenvalue weighted by molar-refractivity contribution is -0.138. The Morgan fingerprint density at radius 2 is 1.56 bits per heavy atom. The van der Waals surface area contributed by atoms with Crippen LogP contribution in [0.3, 0.4) is 0 Å². The minimum absolute atomic E-state index is 0.116. The Kier molecular flexibility index (Phi) is 6.49. The van der Waals surface area contributed by atoms with E-state index in [-0.39, 0.29) is 17.1 Å². The van der Waals surface area contributed by atoms with Gasteiger partial charge in [-0.3, -0.25) is 0 Å². The first-order valence-electron chi connectivity index (χ1n) is 8.35. The van der Waals surface area contributed by atoms with Gasteiger partial charge < -0.3 is 4.74 Å². The third kappa shape index (κ3) is 4.80. The molecule has 0 amide bonds. The van der Waals surface area contributed by atoms with Crippen LogP contribution in [0.4, 0.5) is 8.78 Å². The number of rotatable bonds is 6. The van der Waals surface area contributed by atoms with E-state index in [0.29, 0.717) is 23.1 Å². The molecule has 0 saturated heterocycles. The maximum Gasteiger partial charge on any atom is 0.334 e. The molecule has 0 unspecified atom stereocenters. The number of carbonyl (C=O) groups excluding carboxylic acids is 1. The van der Waals surface area contributed by atoms with Gasteiger partial charge in [-0.25, -0.2) is 22.0 Å². The van der Waals surface area contributed by atoms with Crippen LogP contribution in [0.1, 0.15) is 31.4 Å². The molecule has 0 radical (unpaired) electrons. The highest BCUT2D eigenvalue weighted by Crippen LogP contribution is 2.31. The van der Waals surface area contributed by atoms with E-state index < -0.39 is 27.4 Å². The van der Waals surface area contributed by atoms with Crippen LogP contribution in [0.25, 0.3) is 5.57 Å². The average Bonchev–Trinajstić information content (AvgIpc) is 2.61. The van der Waals surface area contributed by atoms with Gasteiger partial charge in [-0.15, -0.1) is 0 Å². The van der Waals surface area contributed by atoms with Crippen LogP contribution in [0.5, 0.6) is 0 Å². The molecule has 27 heavy (non-hydrogen) atoms. The summed E-state index contributed by atoms with van der Waals surface area (Å²) in [4.78, 5) is 12.5. The minimum atomic E-state index is -3.39. The fourth-order valence-electron chi connectivity index (χ4n) is 2.68. The first-order chi connectivity index (χ1) is 12.7. The molecule has 0 aromatic heterocycles. The summed E-state index contributed by atoms with van der Waals surface area (Å²) >= 11 is 0. The zero-order valence-corrected chi connectivity index (χ0v) is 16.1. The largest absolute Gasteiger partial charge is 0.463 e. The van der Waals surface area contributed by atoms with Gasteiger partial charge in [0.05, 0.1) is 11.5 Å². The smallest absolute Gasteiger partial charge is 0.334 e. The predicted molar refractivity (Wildman–Crippen MR) is 98.9 cm³/mol. The number of hydrogen-bond donors (Lipinski definition) is 0. The monoisotopic (exact) mass is 394 g/mol. The van der Waals surface area contributed by atoms with Crippen molar-refractivity contribution >= 4 is 21.4 Å². The Morgan fingerprint density at radius 3 is 2.04 bits per heavy atom. The summed E-state index contributed by atoms with van der Waals surface area (Å²) in [5.74, 6) is -2.61. The van der Waals surface area contributed by atoms with Gasteiger partial charge in [-0.05, 0) is 54.3 Å². The van der Waals surface area contributed by atoms with E-state index >= 15 is 0 Å². The van der Waals surface area contributed by atoms with Crippen LogP contribution >= 0.6 is 0 Å². The maximum atomic E-state index is 13.8. The van der Waals surface area contributed by atoms with E-state index in [1.165, 1.54) is 30.3 Å². The van der Waals surface area contributed by atoms with Crippen molar-refractivity contribution < 1.29 is 26.7 Å². The molecule has 0 aliphatic heterocycles. The molecular weight excluding hydrogens is 374 g/mol. The van der Waals surface area contributed by atoms with E-state index in [4.69, 9.17) is 4.74 Å². The number of ether oxygens (including phenoxy) is 1. The molecule has 0 spiro atoms. The van der Waals surface area contributed by atoms with E-state index in [2.05, 4.69) is 0 Å². The summed E-state index contributed by atoms with van der Waals surface area (Å²) < 4.78 is 55.6. The molecule has 0 aliphatic rings. The molecule has 144 valence electrons. The Bertz CT molecular complexity index is 978. The third-order valence-electron chi connectivity index (χ3n) is 3.96. The van der Waals surface area contributed by atoms with Gasteiger partial charge in [-0.2, -0.15) is 0 Å². The number of benzene rings is 2. The van der Waals surface area contributed by atoms with Crippen molar-refractivity contribution in [3.8, 4) is 0 Å². The fraction of sp³-hybridized carbons (Fsp3) is 0.250. The van der Waals surface area contributed by atoms with Gasteiger partial charge >= 0.3 is 5.97 Å². The normalized spacial score (nSPS) is 12.5. The number of hydrogen-bond acceptors (Lipinski definition) is 4. The lowest BCUT2D eigenvalue weighted by Crippen LogP contribution is -2.10. The number of sulfone groups is 1. The van der Waals surface area contributed by atoms with Crippen LogP contribution in [0, 0.1) is 11.6 Å². The molecule has 0 aliphatic carbocycles. The van der Waals surface area contributed by atoms with Crippen molar-refractivity contribution in [1.82, 2.24) is 0 Å². The summed E-state index contributed by atoms with van der Waals surface area (Å²) in [7, 11) is -3.39. The van der Waals surface area contributed by atoms with Gasteiger partial charge in [0.15, 0.2) is 21.5 Å². The highest BCUT2D eigenvalue weighted by molar-refractivity contribution is 7.90. The fourth-order valence-corrected chi connectivity index (χ4v) is 3.31. The molecule has 0 N–H and O–H groups in total. The van der Waals surface area contributed by atoms with Crippen molar-refractivity contribution in [3.63, 3.8) is 0 Å². The SMILES string of the molecule is CCOC(=O)C(CC)=C(c1ccc(S(C)(=O)=O)cc1)c1ccc(F)c(F)c1. The Hall–Kier alpha value is -2.54. The summed E-state index contributed by atoms with van der Waals surface area (Å²) in [6.07, 6.45) is 1.38. The molecule has 2 aromatic carbocycles. The number of carbonyl (C=O) groups is 1. The van der Waals surface area contributed by atoms with Crippen LogP contribution in [-0.4, -0.2) is 27.2 Å². The standard InChI is InChI=1S/C20H20F2O4S/c1-4-16(20(23)26-5-2)19(14-8-11-17(21)18(22)12-14)13-6-9-15(10-7-13)27(3,24)25/h6-12H,4-5H2,1-3H3. The van der Waals surface area contributed by atoms with E-state index in [1.54, 1.807) is 13.8 Å². The second kappa shape index (κ2) is 8.43. The molecule has 2 aromatic rings. The van der Waals surface area contributed by atoms with E-state index in [1.807, 2.05) is 0 Å². The summed E-state index contributed by atoms with van der Waals surface area (Å²) in [5.41, 5.74) is 1.45. The van der Waals surface area contributed by atoms with Gasteiger partial charge in [0.25, 0.3) is 0 Å². The quantitative estimate of drug-likeness (QED) is 0.546. The zero-order valence-electron chi connectivity index (χ0n) is 15.3. The molecule has 0 heterocycles. The van der Waals surface area contributed by atoms with Gasteiger partial charge in [0, 0.05) is 11.8 Å². The van der Waals surface area contributed by atoms with Crippen molar-refractivity contribution in [2.24, 2.45) is 0 Å². The first kappa shape index (κ1) is 20.8. The topological polar surface area (TPSA) is 60.4 Å². The van der Waals surface area contributed by atoms with E-state index in [0.717, 1.165) is 18.4 Å². The van der Waals surface area contributed by atoms with Crippen LogP contribution < -0.4 is 0 Å². The minimum Gasteiger partial charge on any atom is -0.463 e. The molecule has 0 fully saturated rings. The third-order valence-corrected chi connectivity index (χ3v) is 5.09. The highest BCUT2D eigenvalue weighted by atomic mass is 32.2. The van der Waals surface area contributed by atoms with Gasteiger partial charge in [0.1, 0.15) is 0 Å². The molecule has 2 rings (SSSR count). The lowest BCUT2D eigenvalue weighted by atomic mass is 9.91. The van der Waals surface area contributed by atoms with Crippen LogP contribution in [0.2, 0.25) is 0 Å². The number of esters is 1. The second-order valence-electron chi connectivity index (χ2n) is 5.85. The van der Waals surface area contributed by atoms with Gasteiger partial charge in [-0.1, -0.05) is 25.1 Å². The predicted octanol–water partition coefficient (Wildman–Crippen LogP) is 4.14. The highest BCUT2D eigenvalue weighted by Gasteiger charge is 2.20. The van der Waals surface area contributed by atoms with Crippen molar-refractivity contribution in [2.45, 2.75) is 25.2 Å². The van der Waals surface area contributed by atoms with Crippen LogP contribution in [-0.2, 0) is 19.4 Å². The van der Waals surface area contributed by atoms with Crippen molar-refractivity contribution in [1.29, 1.82) is 0 Å². The zero-order chi connectivity index (χ0) is 20.2. The van der Waals surface area contributed by atoms with Crippen molar-refractivity contribution in [3.05, 3.63) is 70.8 Å². The average molecular weight is 394 g/mol.